The van der Waals surface area contributed by atoms with Gasteiger partial charge in [0.2, 0.25) is 0 Å². The molecule has 2 aliphatic rings. The Morgan fingerprint density at radius 2 is 2.05 bits per heavy atom. The molecule has 1 saturated carbocycles. The molecule has 3 nitrogen and oxygen atoms in total. The Morgan fingerprint density at radius 3 is 2.65 bits per heavy atom. The molecule has 1 aliphatic carbocycles. The highest BCUT2D eigenvalue weighted by molar-refractivity contribution is 5.99. The van der Waals surface area contributed by atoms with Crippen molar-refractivity contribution < 1.29 is 23.1 Å². The minimum atomic E-state index is -4.52. The topological polar surface area (TPSA) is 49.3 Å². The minimum absolute atomic E-state index is 0.0233. The molecule has 108 valence electrons. The number of rotatable bonds is 3. The average molecular weight is 285 g/mol. The van der Waals surface area contributed by atoms with Crippen LogP contribution in [0.4, 0.5) is 13.2 Å². The Hall–Kier alpha value is -1.56. The number of halogens is 3. The molecular formula is C14H14F3NO2. The van der Waals surface area contributed by atoms with Gasteiger partial charge in [0.05, 0.1) is 11.7 Å². The highest BCUT2D eigenvalue weighted by Crippen LogP contribution is 2.41. The SMILES string of the molecule is O=C1NCc2c1cc(C(O)CC1CC1)cc2C(F)(F)F. The molecule has 1 heterocycles. The largest absolute Gasteiger partial charge is 0.416 e. The molecule has 0 spiro atoms. The van der Waals surface area contributed by atoms with E-state index in [-0.39, 0.29) is 23.2 Å². The molecule has 3 rings (SSSR count). The first-order valence-corrected chi connectivity index (χ1v) is 6.56. The number of nitrogens with one attached hydrogen (secondary N) is 1. The zero-order valence-corrected chi connectivity index (χ0v) is 10.6. The number of fused-ring (bicyclic) bond motifs is 1. The van der Waals surface area contributed by atoms with E-state index < -0.39 is 23.8 Å². The van der Waals surface area contributed by atoms with Gasteiger partial charge >= 0.3 is 6.18 Å². The molecule has 1 fully saturated rings. The summed E-state index contributed by atoms with van der Waals surface area (Å²) < 4.78 is 39.2. The van der Waals surface area contributed by atoms with Gasteiger partial charge in [-0.2, -0.15) is 13.2 Å². The third kappa shape index (κ3) is 2.40. The lowest BCUT2D eigenvalue weighted by Crippen LogP contribution is -2.12. The molecule has 1 aromatic carbocycles. The van der Waals surface area contributed by atoms with Gasteiger partial charge in [-0.05, 0) is 35.6 Å². The molecular weight excluding hydrogens is 271 g/mol. The lowest BCUT2D eigenvalue weighted by Gasteiger charge is -2.16. The lowest BCUT2D eigenvalue weighted by atomic mass is 9.94. The van der Waals surface area contributed by atoms with Crippen molar-refractivity contribution in [2.75, 3.05) is 0 Å². The molecule has 0 saturated heterocycles. The maximum absolute atomic E-state index is 13.1. The van der Waals surface area contributed by atoms with Gasteiger partial charge in [-0.25, -0.2) is 0 Å². The number of benzene rings is 1. The fourth-order valence-corrected chi connectivity index (χ4v) is 2.60. The highest BCUT2D eigenvalue weighted by atomic mass is 19.4. The van der Waals surface area contributed by atoms with Crippen LogP contribution in [0.1, 0.15) is 52.4 Å². The number of hydrogen-bond acceptors (Lipinski definition) is 2. The standard InChI is InChI=1S/C14H14F3NO2/c15-14(16,17)11-5-8(12(19)3-7-1-2-7)4-9-10(11)6-18-13(9)20/h4-5,7,12,19H,1-3,6H2,(H,18,20). The molecule has 20 heavy (non-hydrogen) atoms. The summed E-state index contributed by atoms with van der Waals surface area (Å²) in [4.78, 5) is 11.6. The second kappa shape index (κ2) is 4.48. The predicted molar refractivity (Wildman–Crippen MR) is 64.9 cm³/mol. The Bertz CT molecular complexity index is 564. The molecule has 1 amide bonds. The van der Waals surface area contributed by atoms with Gasteiger partial charge in [0.25, 0.3) is 5.91 Å². The van der Waals surface area contributed by atoms with Crippen molar-refractivity contribution in [3.63, 3.8) is 0 Å². The second-order valence-electron chi connectivity index (χ2n) is 5.47. The average Bonchev–Trinajstić information content (AvgIpc) is 3.10. The van der Waals surface area contributed by atoms with Crippen LogP contribution in [0.15, 0.2) is 12.1 Å². The minimum Gasteiger partial charge on any atom is -0.388 e. The van der Waals surface area contributed by atoms with Crippen LogP contribution in [0.3, 0.4) is 0 Å². The van der Waals surface area contributed by atoms with E-state index in [1.165, 1.54) is 6.07 Å². The van der Waals surface area contributed by atoms with E-state index in [0.717, 1.165) is 18.9 Å². The van der Waals surface area contributed by atoms with Gasteiger partial charge in [0.1, 0.15) is 0 Å². The van der Waals surface area contributed by atoms with Gasteiger partial charge < -0.3 is 10.4 Å². The maximum Gasteiger partial charge on any atom is 0.416 e. The van der Waals surface area contributed by atoms with Crippen molar-refractivity contribution in [1.82, 2.24) is 5.32 Å². The molecule has 0 aromatic heterocycles. The van der Waals surface area contributed by atoms with E-state index in [1.807, 2.05) is 0 Å². The summed E-state index contributed by atoms with van der Waals surface area (Å²) in [5.41, 5.74) is -0.632. The smallest absolute Gasteiger partial charge is 0.388 e. The Kier molecular flexibility index (Phi) is 3.01. The molecule has 1 aromatic rings. The number of alkyl halides is 3. The van der Waals surface area contributed by atoms with E-state index in [2.05, 4.69) is 5.32 Å². The van der Waals surface area contributed by atoms with Crippen molar-refractivity contribution in [3.05, 3.63) is 34.4 Å². The first-order chi connectivity index (χ1) is 9.36. The molecule has 0 bridgehead atoms. The Morgan fingerprint density at radius 1 is 1.35 bits per heavy atom. The normalized spacial score (nSPS) is 19.7. The lowest BCUT2D eigenvalue weighted by molar-refractivity contribution is -0.138. The first-order valence-electron chi connectivity index (χ1n) is 6.56. The van der Waals surface area contributed by atoms with Crippen LogP contribution in [-0.4, -0.2) is 11.0 Å². The summed E-state index contributed by atoms with van der Waals surface area (Å²) in [6.45, 7) is -0.109. The summed E-state index contributed by atoms with van der Waals surface area (Å²) in [5.74, 6) is -0.118. The van der Waals surface area contributed by atoms with Crippen molar-refractivity contribution in [2.24, 2.45) is 5.92 Å². The molecule has 1 atom stereocenters. The van der Waals surface area contributed by atoms with E-state index in [9.17, 15) is 23.1 Å². The van der Waals surface area contributed by atoms with Crippen LogP contribution in [0.25, 0.3) is 0 Å². The number of carbonyl (C=O) groups is 1. The van der Waals surface area contributed by atoms with Gasteiger partial charge in [-0.15, -0.1) is 0 Å². The van der Waals surface area contributed by atoms with E-state index in [1.54, 1.807) is 0 Å². The van der Waals surface area contributed by atoms with Gasteiger partial charge in [-0.1, -0.05) is 12.8 Å². The van der Waals surface area contributed by atoms with Crippen LogP contribution in [0.2, 0.25) is 0 Å². The summed E-state index contributed by atoms with van der Waals surface area (Å²) in [7, 11) is 0. The molecule has 1 unspecified atom stereocenters. The Labute approximate surface area is 113 Å². The zero-order chi connectivity index (χ0) is 14.5. The van der Waals surface area contributed by atoms with Crippen LogP contribution >= 0.6 is 0 Å². The third-order valence-electron chi connectivity index (χ3n) is 3.89. The number of aliphatic hydroxyl groups excluding tert-OH is 1. The monoisotopic (exact) mass is 285 g/mol. The maximum atomic E-state index is 13.1. The zero-order valence-electron chi connectivity index (χ0n) is 10.6. The van der Waals surface area contributed by atoms with Gasteiger partial charge in [-0.3, -0.25) is 4.79 Å². The number of aliphatic hydroxyl groups is 1. The number of carbonyl (C=O) groups excluding carboxylic acids is 1. The van der Waals surface area contributed by atoms with Gasteiger partial charge in [0, 0.05) is 12.1 Å². The van der Waals surface area contributed by atoms with Crippen LogP contribution in [-0.2, 0) is 12.7 Å². The van der Waals surface area contributed by atoms with Crippen LogP contribution in [0, 0.1) is 5.92 Å². The number of hydrogen-bond donors (Lipinski definition) is 2. The second-order valence-corrected chi connectivity index (χ2v) is 5.47. The van der Waals surface area contributed by atoms with Crippen molar-refractivity contribution in [3.8, 4) is 0 Å². The van der Waals surface area contributed by atoms with E-state index >= 15 is 0 Å². The summed E-state index contributed by atoms with van der Waals surface area (Å²) in [5, 5.41) is 12.4. The quantitative estimate of drug-likeness (QED) is 0.897. The molecule has 6 heteroatoms. The predicted octanol–water partition coefficient (Wildman–Crippen LogP) is 2.78. The molecule has 1 aliphatic heterocycles. The third-order valence-corrected chi connectivity index (χ3v) is 3.89. The summed E-state index contributed by atoms with van der Waals surface area (Å²) >= 11 is 0. The van der Waals surface area contributed by atoms with Crippen molar-refractivity contribution in [2.45, 2.75) is 38.1 Å². The summed E-state index contributed by atoms with van der Waals surface area (Å²) in [6, 6.07) is 2.37. The number of amides is 1. The van der Waals surface area contributed by atoms with Crippen LogP contribution < -0.4 is 5.32 Å². The van der Waals surface area contributed by atoms with Crippen LogP contribution in [0.5, 0.6) is 0 Å². The van der Waals surface area contributed by atoms with Crippen molar-refractivity contribution in [1.29, 1.82) is 0 Å². The fourth-order valence-electron chi connectivity index (χ4n) is 2.60. The highest BCUT2D eigenvalue weighted by Gasteiger charge is 2.38. The molecule has 0 radical (unpaired) electrons. The van der Waals surface area contributed by atoms with E-state index in [4.69, 9.17) is 0 Å². The van der Waals surface area contributed by atoms with E-state index in [0.29, 0.717) is 12.3 Å². The Balaban J connectivity index is 2.03. The van der Waals surface area contributed by atoms with Gasteiger partial charge in [0.15, 0.2) is 0 Å². The fraction of sp³-hybridized carbons (Fsp3) is 0.500. The summed E-state index contributed by atoms with van der Waals surface area (Å²) in [6.07, 6.45) is -2.99. The first kappa shape index (κ1) is 13.4. The molecule has 2 N–H and O–H groups in total. The van der Waals surface area contributed by atoms with Crippen molar-refractivity contribution >= 4 is 5.91 Å².